The van der Waals surface area contributed by atoms with Gasteiger partial charge in [0, 0.05) is 55.9 Å². The highest BCUT2D eigenvalue weighted by molar-refractivity contribution is 6.31. The molecule has 0 bridgehead atoms. The SMILES string of the molecule is CN1C(=O)c2ccc(C(=O)N3CCN(Cc4c(F)cccc4Cl)CC3)cc2C1=O. The predicted octanol–water partition coefficient (Wildman–Crippen LogP) is 2.66. The Labute approximate surface area is 172 Å². The third-order valence-electron chi connectivity index (χ3n) is 5.44. The molecule has 2 aliphatic heterocycles. The number of carbonyl (C=O) groups excluding carboxylic acids is 3. The van der Waals surface area contributed by atoms with Gasteiger partial charge in [-0.25, -0.2) is 4.39 Å². The van der Waals surface area contributed by atoms with Gasteiger partial charge >= 0.3 is 0 Å². The molecule has 8 heteroatoms. The lowest BCUT2D eigenvalue weighted by molar-refractivity contribution is 0.0626. The maximum atomic E-state index is 14.0. The van der Waals surface area contributed by atoms with Crippen LogP contribution in [0.1, 0.15) is 36.6 Å². The Kier molecular flexibility index (Phi) is 5.10. The Morgan fingerprint density at radius 3 is 2.41 bits per heavy atom. The first kappa shape index (κ1) is 19.5. The number of fused-ring (bicyclic) bond motifs is 1. The molecule has 0 aromatic heterocycles. The molecular weight excluding hydrogens is 397 g/mol. The van der Waals surface area contributed by atoms with Crippen LogP contribution in [0.4, 0.5) is 4.39 Å². The topological polar surface area (TPSA) is 60.9 Å². The smallest absolute Gasteiger partial charge is 0.261 e. The van der Waals surface area contributed by atoms with Crippen molar-refractivity contribution in [1.82, 2.24) is 14.7 Å². The highest BCUT2D eigenvalue weighted by Gasteiger charge is 2.34. The Bertz CT molecular complexity index is 998. The van der Waals surface area contributed by atoms with E-state index in [1.54, 1.807) is 23.1 Å². The predicted molar refractivity (Wildman–Crippen MR) is 105 cm³/mol. The van der Waals surface area contributed by atoms with E-state index >= 15 is 0 Å². The van der Waals surface area contributed by atoms with Crippen LogP contribution in [0.2, 0.25) is 5.02 Å². The lowest BCUT2D eigenvalue weighted by Crippen LogP contribution is -2.48. The number of nitrogens with zero attached hydrogens (tertiary/aromatic N) is 3. The van der Waals surface area contributed by atoms with E-state index < -0.39 is 5.91 Å². The summed E-state index contributed by atoms with van der Waals surface area (Å²) in [7, 11) is 1.42. The summed E-state index contributed by atoms with van der Waals surface area (Å²) in [5.74, 6) is -1.28. The molecule has 29 heavy (non-hydrogen) atoms. The normalized spacial score (nSPS) is 17.1. The van der Waals surface area contributed by atoms with Gasteiger partial charge in [-0.15, -0.1) is 0 Å². The van der Waals surface area contributed by atoms with Crippen molar-refractivity contribution in [3.8, 4) is 0 Å². The van der Waals surface area contributed by atoms with E-state index in [4.69, 9.17) is 11.6 Å². The molecule has 0 saturated carbocycles. The van der Waals surface area contributed by atoms with Crippen molar-refractivity contribution < 1.29 is 18.8 Å². The zero-order chi connectivity index (χ0) is 20.7. The number of amides is 3. The van der Waals surface area contributed by atoms with Crippen LogP contribution >= 0.6 is 11.6 Å². The molecule has 1 saturated heterocycles. The van der Waals surface area contributed by atoms with Crippen molar-refractivity contribution in [3.63, 3.8) is 0 Å². The first-order valence-electron chi connectivity index (χ1n) is 9.28. The zero-order valence-electron chi connectivity index (χ0n) is 15.8. The highest BCUT2D eigenvalue weighted by atomic mass is 35.5. The number of rotatable bonds is 3. The number of imide groups is 1. The maximum absolute atomic E-state index is 14.0. The van der Waals surface area contributed by atoms with Crippen LogP contribution in [0, 0.1) is 5.82 Å². The number of carbonyl (C=O) groups is 3. The molecule has 1 fully saturated rings. The van der Waals surface area contributed by atoms with Gasteiger partial charge in [-0.3, -0.25) is 24.2 Å². The molecule has 6 nitrogen and oxygen atoms in total. The van der Waals surface area contributed by atoms with E-state index in [1.165, 1.54) is 25.2 Å². The number of benzene rings is 2. The molecule has 0 spiro atoms. The Hall–Kier alpha value is -2.77. The van der Waals surface area contributed by atoms with E-state index in [0.29, 0.717) is 54.4 Å². The van der Waals surface area contributed by atoms with Crippen LogP contribution < -0.4 is 0 Å². The van der Waals surface area contributed by atoms with E-state index in [2.05, 4.69) is 0 Å². The van der Waals surface area contributed by atoms with E-state index in [1.807, 2.05) is 4.90 Å². The molecule has 4 rings (SSSR count). The molecule has 0 N–H and O–H groups in total. The van der Waals surface area contributed by atoms with Crippen molar-refractivity contribution in [2.45, 2.75) is 6.54 Å². The van der Waals surface area contributed by atoms with Crippen molar-refractivity contribution in [1.29, 1.82) is 0 Å². The van der Waals surface area contributed by atoms with Gasteiger partial charge in [0.15, 0.2) is 0 Å². The molecule has 0 atom stereocenters. The minimum absolute atomic E-state index is 0.189. The third kappa shape index (κ3) is 3.52. The largest absolute Gasteiger partial charge is 0.336 e. The van der Waals surface area contributed by atoms with E-state index in [9.17, 15) is 18.8 Å². The minimum Gasteiger partial charge on any atom is -0.336 e. The molecule has 0 aliphatic carbocycles. The van der Waals surface area contributed by atoms with Gasteiger partial charge in [-0.05, 0) is 30.3 Å². The lowest BCUT2D eigenvalue weighted by Gasteiger charge is -2.35. The van der Waals surface area contributed by atoms with Gasteiger partial charge in [-0.1, -0.05) is 17.7 Å². The number of piperazine rings is 1. The molecule has 0 radical (unpaired) electrons. The Morgan fingerprint density at radius 1 is 1.03 bits per heavy atom. The second-order valence-corrected chi connectivity index (χ2v) is 7.61. The van der Waals surface area contributed by atoms with Crippen LogP contribution in [0.25, 0.3) is 0 Å². The molecule has 0 unspecified atom stereocenters. The van der Waals surface area contributed by atoms with E-state index in [-0.39, 0.29) is 23.2 Å². The van der Waals surface area contributed by atoms with Gasteiger partial charge < -0.3 is 4.90 Å². The molecule has 3 amide bonds. The van der Waals surface area contributed by atoms with Crippen molar-refractivity contribution in [2.24, 2.45) is 0 Å². The highest BCUT2D eigenvalue weighted by Crippen LogP contribution is 2.24. The Morgan fingerprint density at radius 2 is 1.72 bits per heavy atom. The second kappa shape index (κ2) is 7.57. The summed E-state index contributed by atoms with van der Waals surface area (Å²) in [4.78, 5) is 41.8. The van der Waals surface area contributed by atoms with Gasteiger partial charge in [0.1, 0.15) is 5.82 Å². The summed E-state index contributed by atoms with van der Waals surface area (Å²) in [6.07, 6.45) is 0. The summed E-state index contributed by atoms with van der Waals surface area (Å²) < 4.78 is 14.0. The molecule has 2 aromatic rings. The minimum atomic E-state index is -0.397. The fourth-order valence-corrected chi connectivity index (χ4v) is 3.92. The first-order chi connectivity index (χ1) is 13.9. The average Bonchev–Trinajstić information content (AvgIpc) is 2.94. The average molecular weight is 416 g/mol. The lowest BCUT2D eigenvalue weighted by atomic mass is 10.0. The number of halogens is 2. The quantitative estimate of drug-likeness (QED) is 0.723. The van der Waals surface area contributed by atoms with E-state index in [0.717, 1.165) is 4.90 Å². The zero-order valence-corrected chi connectivity index (χ0v) is 16.6. The van der Waals surface area contributed by atoms with Crippen LogP contribution in [0.15, 0.2) is 36.4 Å². The van der Waals surface area contributed by atoms with Gasteiger partial charge in [0.25, 0.3) is 17.7 Å². The summed E-state index contributed by atoms with van der Waals surface area (Å²) in [5.41, 5.74) is 1.42. The first-order valence-corrected chi connectivity index (χ1v) is 9.65. The van der Waals surface area contributed by atoms with Gasteiger partial charge in [-0.2, -0.15) is 0 Å². The monoisotopic (exact) mass is 415 g/mol. The van der Waals surface area contributed by atoms with Crippen molar-refractivity contribution in [2.75, 3.05) is 33.2 Å². The molecule has 2 aromatic carbocycles. The Balaban J connectivity index is 1.42. The van der Waals surface area contributed by atoms with Crippen LogP contribution in [0.5, 0.6) is 0 Å². The fourth-order valence-electron chi connectivity index (χ4n) is 3.69. The summed E-state index contributed by atoms with van der Waals surface area (Å²) in [6, 6.07) is 9.23. The summed E-state index contributed by atoms with van der Waals surface area (Å²) in [6.45, 7) is 2.52. The number of hydrogen-bond donors (Lipinski definition) is 0. The second-order valence-electron chi connectivity index (χ2n) is 7.20. The molecule has 150 valence electrons. The van der Waals surface area contributed by atoms with Crippen molar-refractivity contribution >= 4 is 29.3 Å². The summed E-state index contributed by atoms with van der Waals surface area (Å²) >= 11 is 6.10. The molecule has 2 heterocycles. The summed E-state index contributed by atoms with van der Waals surface area (Å²) in [5, 5.41) is 0.394. The van der Waals surface area contributed by atoms with Gasteiger partial charge in [0.05, 0.1) is 11.1 Å². The number of hydrogen-bond acceptors (Lipinski definition) is 4. The standard InChI is InChI=1S/C21H19ClFN3O3/c1-24-20(28)14-6-5-13(11-15(14)21(24)29)19(27)26-9-7-25(8-10-26)12-16-17(22)3-2-4-18(16)23/h2-6,11H,7-10,12H2,1H3. The van der Waals surface area contributed by atoms with Crippen molar-refractivity contribution in [3.05, 3.63) is 69.5 Å². The molecular formula is C21H19ClFN3O3. The van der Waals surface area contributed by atoms with Crippen LogP contribution in [0.3, 0.4) is 0 Å². The fraction of sp³-hybridized carbons (Fsp3) is 0.286. The van der Waals surface area contributed by atoms with Crippen LogP contribution in [-0.4, -0.2) is 65.6 Å². The third-order valence-corrected chi connectivity index (χ3v) is 5.79. The maximum Gasteiger partial charge on any atom is 0.261 e. The van der Waals surface area contributed by atoms with Gasteiger partial charge in [0.2, 0.25) is 0 Å². The molecule has 2 aliphatic rings. The van der Waals surface area contributed by atoms with Crippen LogP contribution in [-0.2, 0) is 6.54 Å².